The molecule has 2 atom stereocenters. The third kappa shape index (κ3) is 2.30. The van der Waals surface area contributed by atoms with Gasteiger partial charge in [-0.15, -0.1) is 0 Å². The minimum atomic E-state index is -0.527. The van der Waals surface area contributed by atoms with Crippen LogP contribution in [0.1, 0.15) is 30.2 Å². The lowest BCUT2D eigenvalue weighted by atomic mass is 10.0. The van der Waals surface area contributed by atoms with Crippen LogP contribution in [-0.2, 0) is 0 Å². The van der Waals surface area contributed by atoms with Crippen molar-refractivity contribution in [1.29, 1.82) is 0 Å². The predicted molar refractivity (Wildman–Crippen MR) is 77.0 cm³/mol. The van der Waals surface area contributed by atoms with E-state index in [2.05, 4.69) is 5.32 Å². The number of hydrogen-bond donors (Lipinski definition) is 3. The van der Waals surface area contributed by atoms with Crippen molar-refractivity contribution in [2.45, 2.75) is 19.1 Å². The standard InChI is InChI=1S/C16H17NO3/c1-10(18)12-4-2-3-5-14(12)17-15-9-20-16-8-11(19)6-7-13(15)16/h2-8,10,15,17-19H,9H2,1H3. The molecule has 1 aliphatic heterocycles. The first-order valence-corrected chi connectivity index (χ1v) is 6.64. The number of hydrogen-bond acceptors (Lipinski definition) is 4. The summed E-state index contributed by atoms with van der Waals surface area (Å²) in [6.07, 6.45) is -0.527. The number of anilines is 1. The molecule has 1 aliphatic rings. The van der Waals surface area contributed by atoms with Gasteiger partial charge in [-0.3, -0.25) is 0 Å². The maximum atomic E-state index is 9.81. The zero-order valence-corrected chi connectivity index (χ0v) is 11.2. The average Bonchev–Trinajstić information content (AvgIpc) is 2.81. The van der Waals surface area contributed by atoms with Gasteiger partial charge in [-0.1, -0.05) is 18.2 Å². The van der Waals surface area contributed by atoms with Crippen molar-refractivity contribution >= 4 is 5.69 Å². The first-order chi connectivity index (χ1) is 9.65. The summed E-state index contributed by atoms with van der Waals surface area (Å²) in [5, 5.41) is 22.7. The van der Waals surface area contributed by atoms with E-state index in [1.807, 2.05) is 30.3 Å². The Morgan fingerprint density at radius 1 is 1.25 bits per heavy atom. The Morgan fingerprint density at radius 3 is 2.85 bits per heavy atom. The average molecular weight is 271 g/mol. The van der Waals surface area contributed by atoms with Gasteiger partial charge in [-0.25, -0.2) is 0 Å². The van der Waals surface area contributed by atoms with Gasteiger partial charge in [0.1, 0.15) is 18.1 Å². The van der Waals surface area contributed by atoms with Crippen LogP contribution in [0.15, 0.2) is 42.5 Å². The lowest BCUT2D eigenvalue weighted by Crippen LogP contribution is -2.13. The van der Waals surface area contributed by atoms with Crippen LogP contribution in [0.4, 0.5) is 5.69 Å². The van der Waals surface area contributed by atoms with E-state index >= 15 is 0 Å². The maximum absolute atomic E-state index is 9.81. The first-order valence-electron chi connectivity index (χ1n) is 6.64. The molecule has 2 aromatic rings. The number of para-hydroxylation sites is 1. The molecule has 3 N–H and O–H groups in total. The normalized spacial score (nSPS) is 18.2. The van der Waals surface area contributed by atoms with E-state index in [9.17, 15) is 10.2 Å². The number of benzene rings is 2. The van der Waals surface area contributed by atoms with Gasteiger partial charge in [0.15, 0.2) is 0 Å². The maximum Gasteiger partial charge on any atom is 0.128 e. The Kier molecular flexibility index (Phi) is 3.24. The second-order valence-corrected chi connectivity index (χ2v) is 4.99. The second-order valence-electron chi connectivity index (χ2n) is 4.99. The molecule has 0 spiro atoms. The van der Waals surface area contributed by atoms with Crippen LogP contribution in [-0.4, -0.2) is 16.8 Å². The highest BCUT2D eigenvalue weighted by molar-refractivity contribution is 5.56. The third-order valence-corrected chi connectivity index (χ3v) is 3.52. The summed E-state index contributed by atoms with van der Waals surface area (Å²) in [5.74, 6) is 0.908. The van der Waals surface area contributed by atoms with Crippen molar-refractivity contribution in [2.75, 3.05) is 11.9 Å². The van der Waals surface area contributed by atoms with E-state index in [0.29, 0.717) is 12.4 Å². The van der Waals surface area contributed by atoms with Gasteiger partial charge in [0, 0.05) is 22.9 Å². The van der Waals surface area contributed by atoms with Crippen LogP contribution in [0.5, 0.6) is 11.5 Å². The quantitative estimate of drug-likeness (QED) is 0.803. The van der Waals surface area contributed by atoms with Crippen LogP contribution >= 0.6 is 0 Å². The first kappa shape index (κ1) is 12.8. The molecule has 1 heterocycles. The number of fused-ring (bicyclic) bond motifs is 1. The van der Waals surface area contributed by atoms with E-state index in [1.165, 1.54) is 0 Å². The largest absolute Gasteiger partial charge is 0.508 e. The summed E-state index contributed by atoms with van der Waals surface area (Å²) in [6.45, 7) is 2.25. The molecule has 4 nitrogen and oxygen atoms in total. The molecule has 104 valence electrons. The van der Waals surface area contributed by atoms with E-state index in [4.69, 9.17) is 4.74 Å². The molecule has 0 radical (unpaired) electrons. The van der Waals surface area contributed by atoms with Gasteiger partial charge < -0.3 is 20.3 Å². The Balaban J connectivity index is 1.88. The fourth-order valence-corrected chi connectivity index (χ4v) is 2.50. The molecule has 20 heavy (non-hydrogen) atoms. The second kappa shape index (κ2) is 5.06. The number of aromatic hydroxyl groups is 1. The fourth-order valence-electron chi connectivity index (χ4n) is 2.50. The number of ether oxygens (including phenoxy) is 1. The Labute approximate surface area is 117 Å². The van der Waals surface area contributed by atoms with E-state index in [-0.39, 0.29) is 11.8 Å². The zero-order chi connectivity index (χ0) is 14.1. The van der Waals surface area contributed by atoms with Gasteiger partial charge in [-0.2, -0.15) is 0 Å². The SMILES string of the molecule is CC(O)c1ccccc1NC1COc2cc(O)ccc21. The number of aliphatic hydroxyl groups excluding tert-OH is 1. The van der Waals surface area contributed by atoms with Crippen LogP contribution in [0, 0.1) is 0 Å². The Bertz CT molecular complexity index is 625. The van der Waals surface area contributed by atoms with Crippen molar-refractivity contribution < 1.29 is 14.9 Å². The Morgan fingerprint density at radius 2 is 2.05 bits per heavy atom. The molecule has 0 aliphatic carbocycles. The molecule has 0 saturated carbocycles. The topological polar surface area (TPSA) is 61.7 Å². The lowest BCUT2D eigenvalue weighted by molar-refractivity contribution is 0.200. The minimum Gasteiger partial charge on any atom is -0.508 e. The van der Waals surface area contributed by atoms with E-state index < -0.39 is 6.10 Å². The molecular weight excluding hydrogens is 254 g/mol. The molecular formula is C16H17NO3. The van der Waals surface area contributed by atoms with Crippen LogP contribution in [0.2, 0.25) is 0 Å². The monoisotopic (exact) mass is 271 g/mol. The van der Waals surface area contributed by atoms with Gasteiger partial charge in [-0.05, 0) is 25.1 Å². The van der Waals surface area contributed by atoms with Crippen molar-refractivity contribution in [1.82, 2.24) is 0 Å². The summed E-state index contributed by atoms with van der Waals surface area (Å²) in [7, 11) is 0. The molecule has 2 aromatic carbocycles. The molecule has 2 unspecified atom stereocenters. The fraction of sp³-hybridized carbons (Fsp3) is 0.250. The number of phenolic OH excluding ortho intramolecular Hbond substituents is 1. The van der Waals surface area contributed by atoms with Gasteiger partial charge in [0.05, 0.1) is 12.1 Å². The number of rotatable bonds is 3. The minimum absolute atomic E-state index is 0.0190. The van der Waals surface area contributed by atoms with Crippen LogP contribution in [0.25, 0.3) is 0 Å². The summed E-state index contributed by atoms with van der Waals surface area (Å²) in [5.41, 5.74) is 2.78. The molecule has 4 heteroatoms. The van der Waals surface area contributed by atoms with Gasteiger partial charge >= 0.3 is 0 Å². The smallest absolute Gasteiger partial charge is 0.128 e. The number of nitrogens with one attached hydrogen (secondary N) is 1. The van der Waals surface area contributed by atoms with Crippen molar-refractivity contribution in [3.63, 3.8) is 0 Å². The van der Waals surface area contributed by atoms with Crippen molar-refractivity contribution in [3.8, 4) is 11.5 Å². The molecule has 0 amide bonds. The predicted octanol–water partition coefficient (Wildman–Crippen LogP) is 2.99. The van der Waals surface area contributed by atoms with Crippen molar-refractivity contribution in [2.24, 2.45) is 0 Å². The van der Waals surface area contributed by atoms with E-state index in [1.54, 1.807) is 19.1 Å². The molecule has 0 aromatic heterocycles. The highest BCUT2D eigenvalue weighted by atomic mass is 16.5. The highest BCUT2D eigenvalue weighted by Gasteiger charge is 2.25. The summed E-state index contributed by atoms with van der Waals surface area (Å²) in [6, 6.07) is 12.8. The van der Waals surface area contributed by atoms with Gasteiger partial charge in [0.2, 0.25) is 0 Å². The molecule has 0 fully saturated rings. The number of aliphatic hydroxyl groups is 1. The molecule has 0 saturated heterocycles. The van der Waals surface area contributed by atoms with E-state index in [0.717, 1.165) is 16.8 Å². The number of phenols is 1. The summed E-state index contributed by atoms with van der Waals surface area (Å²) < 4.78 is 5.58. The highest BCUT2D eigenvalue weighted by Crippen LogP contribution is 2.37. The van der Waals surface area contributed by atoms with Crippen LogP contribution < -0.4 is 10.1 Å². The molecule has 0 bridgehead atoms. The summed E-state index contributed by atoms with van der Waals surface area (Å²) >= 11 is 0. The van der Waals surface area contributed by atoms with Crippen LogP contribution in [0.3, 0.4) is 0 Å². The zero-order valence-electron chi connectivity index (χ0n) is 11.2. The van der Waals surface area contributed by atoms with Crippen molar-refractivity contribution in [3.05, 3.63) is 53.6 Å². The lowest BCUT2D eigenvalue weighted by Gasteiger charge is -2.18. The summed E-state index contributed by atoms with van der Waals surface area (Å²) in [4.78, 5) is 0. The Hall–Kier alpha value is -2.20. The third-order valence-electron chi connectivity index (χ3n) is 3.52. The molecule has 3 rings (SSSR count). The van der Waals surface area contributed by atoms with Gasteiger partial charge in [0.25, 0.3) is 0 Å².